The van der Waals surface area contributed by atoms with Crippen LogP contribution in [0, 0.1) is 0 Å². The van der Waals surface area contributed by atoms with Crippen LogP contribution < -0.4 is 16.0 Å². The van der Waals surface area contributed by atoms with Gasteiger partial charge in [0.05, 0.1) is 18.4 Å². The molecule has 3 amide bonds. The smallest absolute Gasteiger partial charge is 0.255 e. The number of aromatic nitrogens is 2. The van der Waals surface area contributed by atoms with Crippen LogP contribution in [0.2, 0.25) is 0 Å². The van der Waals surface area contributed by atoms with Crippen LogP contribution in [0.15, 0.2) is 30.6 Å². The van der Waals surface area contributed by atoms with Gasteiger partial charge >= 0.3 is 0 Å². The molecule has 3 aliphatic heterocycles. The minimum absolute atomic E-state index is 0.150. The summed E-state index contributed by atoms with van der Waals surface area (Å²) in [5, 5.41) is 13.6. The van der Waals surface area contributed by atoms with Crippen LogP contribution in [0.1, 0.15) is 47.2 Å². The van der Waals surface area contributed by atoms with Gasteiger partial charge in [0, 0.05) is 37.3 Å². The Hall–Kier alpha value is -3.20. The molecule has 3 N–H and O–H groups in total. The van der Waals surface area contributed by atoms with Crippen molar-refractivity contribution in [3.05, 3.63) is 47.3 Å². The highest BCUT2D eigenvalue weighted by molar-refractivity contribution is 6.05. The highest BCUT2D eigenvalue weighted by Crippen LogP contribution is 2.28. The largest absolute Gasteiger partial charge is 0.378 e. The zero-order valence-electron chi connectivity index (χ0n) is 17.3. The average Bonchev–Trinajstić information content (AvgIpc) is 3.49. The number of rotatable bonds is 6. The van der Waals surface area contributed by atoms with Crippen LogP contribution in [0.25, 0.3) is 0 Å². The van der Waals surface area contributed by atoms with Gasteiger partial charge in [0.2, 0.25) is 11.8 Å². The monoisotopic (exact) mass is 422 g/mol. The average molecular weight is 422 g/mol. The van der Waals surface area contributed by atoms with E-state index in [2.05, 4.69) is 21.0 Å². The van der Waals surface area contributed by atoms with Gasteiger partial charge in [0.15, 0.2) is 0 Å². The van der Waals surface area contributed by atoms with E-state index in [1.54, 1.807) is 4.90 Å². The maximum atomic E-state index is 12.9. The first-order valence-corrected chi connectivity index (χ1v) is 10.8. The molecule has 9 nitrogen and oxygen atoms in total. The lowest BCUT2D eigenvalue weighted by atomic mass is 10.0. The van der Waals surface area contributed by atoms with Crippen LogP contribution in [-0.2, 0) is 29.2 Å². The molecule has 2 unspecified atom stereocenters. The second-order valence-electron chi connectivity index (χ2n) is 8.49. The second kappa shape index (κ2) is 8.14. The number of carbonyl (C=O) groups excluding carboxylic acids is 3. The van der Waals surface area contributed by atoms with Gasteiger partial charge in [-0.3, -0.25) is 24.4 Å². The zero-order chi connectivity index (χ0) is 21.4. The Bertz CT molecular complexity index is 1030. The van der Waals surface area contributed by atoms with Gasteiger partial charge in [-0.25, -0.2) is 0 Å². The molecule has 2 saturated heterocycles. The van der Waals surface area contributed by atoms with Crippen molar-refractivity contribution in [1.82, 2.24) is 25.3 Å². The Labute approximate surface area is 180 Å². The van der Waals surface area contributed by atoms with E-state index in [4.69, 9.17) is 0 Å². The summed E-state index contributed by atoms with van der Waals surface area (Å²) >= 11 is 0. The van der Waals surface area contributed by atoms with Gasteiger partial charge in [-0.2, -0.15) is 5.10 Å². The number of benzene rings is 1. The van der Waals surface area contributed by atoms with E-state index in [1.165, 1.54) is 12.8 Å². The fourth-order valence-electron chi connectivity index (χ4n) is 4.61. The van der Waals surface area contributed by atoms with E-state index in [0.29, 0.717) is 31.1 Å². The SMILES string of the molecule is O=C1CCC(N2Cc3ccc(CNc4cnn(CC5CCCN5)c4)cc3C2=O)C(=O)N1. The Morgan fingerprint density at radius 2 is 2.10 bits per heavy atom. The molecule has 1 aromatic heterocycles. The molecule has 1 aromatic carbocycles. The summed E-state index contributed by atoms with van der Waals surface area (Å²) in [4.78, 5) is 38.1. The summed E-state index contributed by atoms with van der Waals surface area (Å²) in [6.45, 7) is 2.92. The van der Waals surface area contributed by atoms with E-state index in [-0.39, 0.29) is 24.1 Å². The van der Waals surface area contributed by atoms with Crippen molar-refractivity contribution in [2.75, 3.05) is 11.9 Å². The fourth-order valence-corrected chi connectivity index (χ4v) is 4.61. The van der Waals surface area contributed by atoms with Gasteiger partial charge in [-0.1, -0.05) is 12.1 Å². The van der Waals surface area contributed by atoms with E-state index in [0.717, 1.165) is 29.9 Å². The van der Waals surface area contributed by atoms with Crippen molar-refractivity contribution in [1.29, 1.82) is 0 Å². The van der Waals surface area contributed by atoms with Gasteiger partial charge in [-0.05, 0) is 43.0 Å². The molecule has 0 spiro atoms. The number of anilines is 1. The molecule has 2 atom stereocenters. The third-order valence-electron chi connectivity index (χ3n) is 6.29. The third kappa shape index (κ3) is 4.05. The van der Waals surface area contributed by atoms with Crippen molar-refractivity contribution in [2.24, 2.45) is 0 Å². The lowest BCUT2D eigenvalue weighted by Crippen LogP contribution is -2.52. The lowest BCUT2D eigenvalue weighted by Gasteiger charge is -2.29. The highest BCUT2D eigenvalue weighted by Gasteiger charge is 2.39. The minimum atomic E-state index is -0.584. The van der Waals surface area contributed by atoms with Gasteiger partial charge in [-0.15, -0.1) is 0 Å². The van der Waals surface area contributed by atoms with Crippen LogP contribution >= 0.6 is 0 Å². The molecule has 4 heterocycles. The highest BCUT2D eigenvalue weighted by atomic mass is 16.2. The fraction of sp³-hybridized carbons (Fsp3) is 0.455. The van der Waals surface area contributed by atoms with Crippen LogP contribution in [0.4, 0.5) is 5.69 Å². The predicted octanol–water partition coefficient (Wildman–Crippen LogP) is 1.01. The number of imide groups is 1. The van der Waals surface area contributed by atoms with Crippen molar-refractivity contribution in [2.45, 2.75) is 57.4 Å². The van der Waals surface area contributed by atoms with Crippen LogP contribution in [-0.4, -0.2) is 51.0 Å². The second-order valence-corrected chi connectivity index (χ2v) is 8.49. The van der Waals surface area contributed by atoms with Crippen LogP contribution in [0.3, 0.4) is 0 Å². The number of piperidine rings is 1. The van der Waals surface area contributed by atoms with Gasteiger partial charge in [0.1, 0.15) is 6.04 Å². The quantitative estimate of drug-likeness (QED) is 0.600. The number of hydrogen-bond donors (Lipinski definition) is 3. The maximum absolute atomic E-state index is 12.9. The molecular weight excluding hydrogens is 396 g/mol. The number of nitrogens with zero attached hydrogens (tertiary/aromatic N) is 3. The first kappa shape index (κ1) is 19.7. The van der Waals surface area contributed by atoms with Crippen molar-refractivity contribution in [3.63, 3.8) is 0 Å². The molecule has 2 fully saturated rings. The Kier molecular flexibility index (Phi) is 5.19. The first-order valence-electron chi connectivity index (χ1n) is 10.8. The lowest BCUT2D eigenvalue weighted by molar-refractivity contribution is -0.136. The van der Waals surface area contributed by atoms with E-state index in [9.17, 15) is 14.4 Å². The summed E-state index contributed by atoms with van der Waals surface area (Å²) < 4.78 is 1.95. The van der Waals surface area contributed by atoms with E-state index < -0.39 is 6.04 Å². The summed E-state index contributed by atoms with van der Waals surface area (Å²) in [6, 6.07) is 5.75. The number of nitrogens with one attached hydrogen (secondary N) is 3. The van der Waals surface area contributed by atoms with Gasteiger partial charge < -0.3 is 15.5 Å². The molecule has 0 bridgehead atoms. The molecule has 31 heavy (non-hydrogen) atoms. The van der Waals surface area contributed by atoms with E-state index in [1.807, 2.05) is 35.3 Å². The summed E-state index contributed by atoms with van der Waals surface area (Å²) in [7, 11) is 0. The summed E-state index contributed by atoms with van der Waals surface area (Å²) in [6.07, 6.45) is 6.85. The standard InChI is InChI=1S/C22H26N6O3/c29-20-6-5-19(21(30)26-20)28-11-15-4-3-14(8-18(15)22(28)31)9-24-17-10-25-27(13-17)12-16-2-1-7-23-16/h3-4,8,10,13,16,19,23-24H,1-2,5-7,9,11-12H2,(H,26,29,30). The molecule has 3 aliphatic rings. The topological polar surface area (TPSA) is 108 Å². The van der Waals surface area contributed by atoms with Crippen molar-refractivity contribution in [3.8, 4) is 0 Å². The molecular formula is C22H26N6O3. The van der Waals surface area contributed by atoms with E-state index >= 15 is 0 Å². The van der Waals surface area contributed by atoms with Crippen molar-refractivity contribution >= 4 is 23.4 Å². The normalized spacial score (nSPS) is 23.2. The molecule has 2 aromatic rings. The Morgan fingerprint density at radius 3 is 2.90 bits per heavy atom. The summed E-state index contributed by atoms with van der Waals surface area (Å²) in [5.74, 6) is -0.811. The molecule has 162 valence electrons. The number of amides is 3. The van der Waals surface area contributed by atoms with Gasteiger partial charge in [0.25, 0.3) is 5.91 Å². The number of carbonyl (C=O) groups is 3. The Morgan fingerprint density at radius 1 is 1.19 bits per heavy atom. The van der Waals surface area contributed by atoms with Crippen LogP contribution in [0.5, 0.6) is 0 Å². The van der Waals surface area contributed by atoms with Crippen molar-refractivity contribution < 1.29 is 14.4 Å². The maximum Gasteiger partial charge on any atom is 0.255 e. The number of hydrogen-bond acceptors (Lipinski definition) is 6. The molecule has 0 aliphatic carbocycles. The molecule has 9 heteroatoms. The minimum Gasteiger partial charge on any atom is -0.378 e. The third-order valence-corrected chi connectivity index (χ3v) is 6.29. The molecule has 5 rings (SSSR count). The Balaban J connectivity index is 1.21. The molecule has 0 radical (unpaired) electrons. The molecule has 0 saturated carbocycles. The predicted molar refractivity (Wildman–Crippen MR) is 113 cm³/mol. The summed E-state index contributed by atoms with van der Waals surface area (Å²) in [5.41, 5.74) is 3.47. The zero-order valence-corrected chi connectivity index (χ0v) is 17.3. The first-order chi connectivity index (χ1) is 15.1. The number of fused-ring (bicyclic) bond motifs is 1.